The number of thiophene rings is 1. The Balaban J connectivity index is 2.50. The number of aryl methyl sites for hydroxylation is 1. The van der Waals surface area contributed by atoms with Gasteiger partial charge in [-0.1, -0.05) is 0 Å². The zero-order valence-corrected chi connectivity index (χ0v) is 8.28. The highest BCUT2D eigenvalue weighted by atomic mass is 32.1. The zero-order valence-electron chi connectivity index (χ0n) is 7.47. The fourth-order valence-electron chi connectivity index (χ4n) is 1.25. The molecule has 0 amide bonds. The van der Waals surface area contributed by atoms with E-state index in [9.17, 15) is 4.79 Å². The van der Waals surface area contributed by atoms with Crippen molar-refractivity contribution in [2.24, 2.45) is 7.05 Å². The van der Waals surface area contributed by atoms with Gasteiger partial charge >= 0.3 is 5.97 Å². The fraction of sp³-hybridized carbons (Fsp3) is 0.111. The Bertz CT molecular complexity index is 459. The minimum absolute atomic E-state index is 0.0775. The third-order valence-electron chi connectivity index (χ3n) is 1.92. The van der Waals surface area contributed by atoms with Crippen molar-refractivity contribution in [2.45, 2.75) is 0 Å². The highest BCUT2D eigenvalue weighted by molar-refractivity contribution is 7.08. The maximum Gasteiger partial charge on any atom is 0.356 e. The van der Waals surface area contributed by atoms with E-state index in [0.717, 1.165) is 11.3 Å². The molecule has 0 saturated heterocycles. The molecule has 0 aliphatic rings. The Kier molecular flexibility index (Phi) is 2.09. The minimum Gasteiger partial charge on any atom is -0.476 e. The van der Waals surface area contributed by atoms with Gasteiger partial charge in [-0.05, 0) is 17.5 Å². The molecular weight excluding hydrogens is 200 g/mol. The van der Waals surface area contributed by atoms with Gasteiger partial charge in [0.25, 0.3) is 0 Å². The molecule has 0 atom stereocenters. The Morgan fingerprint density at radius 3 is 2.93 bits per heavy atom. The summed E-state index contributed by atoms with van der Waals surface area (Å²) in [5.41, 5.74) is 1.90. The topological polar surface area (TPSA) is 55.1 Å². The fourth-order valence-corrected chi connectivity index (χ4v) is 1.90. The Morgan fingerprint density at radius 2 is 2.43 bits per heavy atom. The summed E-state index contributed by atoms with van der Waals surface area (Å²) in [6.07, 6.45) is 0. The number of carboxylic acid groups (broad SMARTS) is 1. The molecule has 0 fully saturated rings. The number of rotatable bonds is 2. The lowest BCUT2D eigenvalue weighted by atomic mass is 10.2. The van der Waals surface area contributed by atoms with Crippen molar-refractivity contribution in [2.75, 3.05) is 0 Å². The number of hydrogen-bond acceptors (Lipinski definition) is 3. The summed E-state index contributed by atoms with van der Waals surface area (Å²) in [5, 5.41) is 16.5. The maximum atomic E-state index is 10.7. The quantitative estimate of drug-likeness (QED) is 0.819. The lowest BCUT2D eigenvalue weighted by molar-refractivity contribution is 0.0689. The molecule has 0 saturated carbocycles. The monoisotopic (exact) mass is 208 g/mol. The molecule has 0 aliphatic heterocycles. The van der Waals surface area contributed by atoms with Crippen LogP contribution in [0.15, 0.2) is 22.9 Å². The van der Waals surface area contributed by atoms with Crippen LogP contribution >= 0.6 is 11.3 Å². The maximum absolute atomic E-state index is 10.7. The van der Waals surface area contributed by atoms with E-state index >= 15 is 0 Å². The first-order valence-electron chi connectivity index (χ1n) is 3.98. The van der Waals surface area contributed by atoms with Gasteiger partial charge in [0.1, 0.15) is 0 Å². The third-order valence-corrected chi connectivity index (χ3v) is 2.60. The molecule has 0 spiro atoms. The SMILES string of the molecule is Cn1nc(C(=O)O)cc1-c1ccsc1. The molecule has 1 N–H and O–H groups in total. The van der Waals surface area contributed by atoms with Crippen molar-refractivity contribution in [3.05, 3.63) is 28.6 Å². The Hall–Kier alpha value is -1.62. The van der Waals surface area contributed by atoms with E-state index in [1.165, 1.54) is 0 Å². The van der Waals surface area contributed by atoms with Crippen molar-refractivity contribution in [1.29, 1.82) is 0 Å². The summed E-state index contributed by atoms with van der Waals surface area (Å²) in [7, 11) is 1.74. The molecule has 2 aromatic heterocycles. The molecule has 14 heavy (non-hydrogen) atoms. The van der Waals surface area contributed by atoms with E-state index in [-0.39, 0.29) is 5.69 Å². The number of carboxylic acids is 1. The van der Waals surface area contributed by atoms with Crippen LogP contribution in [0.4, 0.5) is 0 Å². The van der Waals surface area contributed by atoms with Crippen LogP contribution in [0.3, 0.4) is 0 Å². The van der Waals surface area contributed by atoms with Gasteiger partial charge in [-0.25, -0.2) is 4.79 Å². The summed E-state index contributed by atoms with van der Waals surface area (Å²) >= 11 is 1.57. The average Bonchev–Trinajstić information content (AvgIpc) is 2.71. The number of aromatic nitrogens is 2. The van der Waals surface area contributed by atoms with Gasteiger partial charge in [0.15, 0.2) is 5.69 Å². The predicted octanol–water partition coefficient (Wildman–Crippen LogP) is 1.85. The van der Waals surface area contributed by atoms with Gasteiger partial charge in [-0.3, -0.25) is 4.68 Å². The molecule has 72 valence electrons. The second-order valence-corrected chi connectivity index (χ2v) is 3.64. The van der Waals surface area contributed by atoms with Crippen LogP contribution in [0.5, 0.6) is 0 Å². The lowest BCUT2D eigenvalue weighted by Gasteiger charge is -1.95. The second-order valence-electron chi connectivity index (χ2n) is 2.86. The molecule has 0 unspecified atom stereocenters. The molecule has 2 rings (SSSR count). The summed E-state index contributed by atoms with van der Waals surface area (Å²) in [5.74, 6) is -0.998. The predicted molar refractivity (Wildman–Crippen MR) is 53.5 cm³/mol. The summed E-state index contributed by atoms with van der Waals surface area (Å²) in [4.78, 5) is 10.7. The summed E-state index contributed by atoms with van der Waals surface area (Å²) in [6.45, 7) is 0. The average molecular weight is 208 g/mol. The van der Waals surface area contributed by atoms with Gasteiger partial charge in [0.2, 0.25) is 0 Å². The lowest BCUT2D eigenvalue weighted by Crippen LogP contribution is -1.99. The van der Waals surface area contributed by atoms with Crippen LogP contribution in [0.25, 0.3) is 11.3 Å². The normalized spacial score (nSPS) is 10.4. The van der Waals surface area contributed by atoms with Crippen LogP contribution in [0.1, 0.15) is 10.5 Å². The molecule has 4 nitrogen and oxygen atoms in total. The third kappa shape index (κ3) is 1.42. The summed E-state index contributed by atoms with van der Waals surface area (Å²) in [6, 6.07) is 3.51. The van der Waals surface area contributed by atoms with Crippen LogP contribution in [0, 0.1) is 0 Å². The molecule has 2 aromatic rings. The van der Waals surface area contributed by atoms with Gasteiger partial charge in [-0.2, -0.15) is 16.4 Å². The van der Waals surface area contributed by atoms with E-state index in [4.69, 9.17) is 5.11 Å². The van der Waals surface area contributed by atoms with Crippen LogP contribution < -0.4 is 0 Å². The highest BCUT2D eigenvalue weighted by Gasteiger charge is 2.12. The first-order valence-corrected chi connectivity index (χ1v) is 4.92. The van der Waals surface area contributed by atoms with Crippen LogP contribution in [-0.2, 0) is 7.05 Å². The van der Waals surface area contributed by atoms with Crippen LogP contribution in [0.2, 0.25) is 0 Å². The van der Waals surface area contributed by atoms with E-state index in [1.807, 2.05) is 16.8 Å². The van der Waals surface area contributed by atoms with E-state index in [0.29, 0.717) is 0 Å². The molecule has 5 heteroatoms. The molecular formula is C9H8N2O2S. The van der Waals surface area contributed by atoms with E-state index in [2.05, 4.69) is 5.10 Å². The summed E-state index contributed by atoms with van der Waals surface area (Å²) < 4.78 is 1.57. The molecule has 0 bridgehead atoms. The molecule has 2 heterocycles. The van der Waals surface area contributed by atoms with Crippen molar-refractivity contribution in [3.63, 3.8) is 0 Å². The van der Waals surface area contributed by atoms with Crippen LogP contribution in [-0.4, -0.2) is 20.9 Å². The largest absolute Gasteiger partial charge is 0.476 e. The number of aromatic carboxylic acids is 1. The number of carbonyl (C=O) groups is 1. The van der Waals surface area contributed by atoms with E-state index in [1.54, 1.807) is 29.1 Å². The molecule has 0 aromatic carbocycles. The standard InChI is InChI=1S/C9H8N2O2S/c1-11-8(6-2-3-14-5-6)4-7(10-11)9(12)13/h2-5H,1H3,(H,12,13). The first-order chi connectivity index (χ1) is 6.68. The number of nitrogens with zero attached hydrogens (tertiary/aromatic N) is 2. The Morgan fingerprint density at radius 1 is 1.64 bits per heavy atom. The van der Waals surface area contributed by atoms with Crippen molar-refractivity contribution >= 4 is 17.3 Å². The first kappa shape index (κ1) is 8.96. The smallest absolute Gasteiger partial charge is 0.356 e. The van der Waals surface area contributed by atoms with E-state index < -0.39 is 5.97 Å². The second kappa shape index (κ2) is 3.26. The minimum atomic E-state index is -0.998. The molecule has 0 radical (unpaired) electrons. The van der Waals surface area contributed by atoms with Gasteiger partial charge in [0, 0.05) is 18.0 Å². The van der Waals surface area contributed by atoms with Gasteiger partial charge in [-0.15, -0.1) is 0 Å². The number of hydrogen-bond donors (Lipinski definition) is 1. The Labute approximate surface area is 84.4 Å². The van der Waals surface area contributed by atoms with Crippen molar-refractivity contribution in [1.82, 2.24) is 9.78 Å². The van der Waals surface area contributed by atoms with Gasteiger partial charge in [0.05, 0.1) is 5.69 Å². The van der Waals surface area contributed by atoms with Crippen molar-refractivity contribution in [3.8, 4) is 11.3 Å². The highest BCUT2D eigenvalue weighted by Crippen LogP contribution is 2.22. The van der Waals surface area contributed by atoms with Crippen molar-refractivity contribution < 1.29 is 9.90 Å². The van der Waals surface area contributed by atoms with Gasteiger partial charge < -0.3 is 5.11 Å². The zero-order chi connectivity index (χ0) is 10.1. The molecule has 0 aliphatic carbocycles.